The highest BCUT2D eigenvalue weighted by Crippen LogP contribution is 2.22. The molecular weight excluding hydrogens is 352 g/mol. The maximum Gasteiger partial charge on any atom is 0.220 e. The number of nitrogens with one attached hydrogen (secondary N) is 1. The Bertz CT molecular complexity index is 917. The van der Waals surface area contributed by atoms with E-state index in [9.17, 15) is 4.79 Å². The van der Waals surface area contributed by atoms with Crippen LogP contribution in [0.3, 0.4) is 0 Å². The van der Waals surface area contributed by atoms with E-state index >= 15 is 0 Å². The summed E-state index contributed by atoms with van der Waals surface area (Å²) in [4.78, 5) is 19.4. The number of rotatable bonds is 7. The number of imidazole rings is 1. The summed E-state index contributed by atoms with van der Waals surface area (Å²) in [5.74, 6) is 0.982. The minimum Gasteiger partial charge on any atom is -0.379 e. The number of benzene rings is 2. The van der Waals surface area contributed by atoms with Crippen molar-refractivity contribution in [3.8, 4) is 5.69 Å². The highest BCUT2D eigenvalue weighted by atomic mass is 16.5. The topological polar surface area (TPSA) is 59.4 Å². The lowest BCUT2D eigenvalue weighted by molar-refractivity contribution is -0.121. The van der Waals surface area contributed by atoms with Gasteiger partial charge < -0.3 is 10.1 Å². The van der Waals surface area contributed by atoms with Gasteiger partial charge in [-0.15, -0.1) is 0 Å². The monoisotopic (exact) mass is 378 g/mol. The first-order chi connectivity index (χ1) is 13.8. The Labute approximate surface area is 165 Å². The molecule has 1 aromatic heterocycles. The molecule has 0 atom stereocenters. The number of amides is 1. The van der Waals surface area contributed by atoms with E-state index in [-0.39, 0.29) is 5.91 Å². The minimum atomic E-state index is 0.0694. The summed E-state index contributed by atoms with van der Waals surface area (Å²) < 4.78 is 7.50. The van der Waals surface area contributed by atoms with E-state index < -0.39 is 0 Å². The fraction of sp³-hybridized carbons (Fsp3) is 0.364. The summed E-state index contributed by atoms with van der Waals surface area (Å²) in [6, 6.07) is 18.3. The Morgan fingerprint density at radius 1 is 1.04 bits per heavy atom. The Morgan fingerprint density at radius 3 is 2.61 bits per heavy atom. The summed E-state index contributed by atoms with van der Waals surface area (Å²) in [5.41, 5.74) is 3.09. The van der Waals surface area contributed by atoms with Crippen LogP contribution in [0.4, 0.5) is 0 Å². The predicted molar refractivity (Wildman–Crippen MR) is 110 cm³/mol. The molecule has 1 aliphatic rings. The van der Waals surface area contributed by atoms with Crippen molar-refractivity contribution in [3.05, 3.63) is 60.4 Å². The fourth-order valence-electron chi connectivity index (χ4n) is 3.60. The van der Waals surface area contributed by atoms with Crippen molar-refractivity contribution in [3.63, 3.8) is 0 Å². The van der Waals surface area contributed by atoms with E-state index in [1.807, 2.05) is 36.4 Å². The van der Waals surface area contributed by atoms with Crippen molar-refractivity contribution in [1.29, 1.82) is 0 Å². The lowest BCUT2D eigenvalue weighted by atomic mass is 10.2. The first-order valence-corrected chi connectivity index (χ1v) is 9.90. The van der Waals surface area contributed by atoms with Crippen LogP contribution in [-0.2, 0) is 16.0 Å². The van der Waals surface area contributed by atoms with Crippen LogP contribution in [0.25, 0.3) is 16.7 Å². The Balaban J connectivity index is 1.39. The molecule has 1 saturated heterocycles. The quantitative estimate of drug-likeness (QED) is 0.686. The van der Waals surface area contributed by atoms with Gasteiger partial charge in [0, 0.05) is 44.7 Å². The average molecular weight is 378 g/mol. The van der Waals surface area contributed by atoms with E-state index in [1.54, 1.807) is 0 Å². The van der Waals surface area contributed by atoms with Gasteiger partial charge in [0.2, 0.25) is 5.91 Å². The van der Waals surface area contributed by atoms with Gasteiger partial charge in [-0.3, -0.25) is 14.3 Å². The smallest absolute Gasteiger partial charge is 0.220 e. The highest BCUT2D eigenvalue weighted by molar-refractivity contribution is 5.79. The Morgan fingerprint density at radius 2 is 1.79 bits per heavy atom. The molecule has 0 aliphatic carbocycles. The molecule has 2 heterocycles. The van der Waals surface area contributed by atoms with Crippen LogP contribution in [0.1, 0.15) is 12.2 Å². The van der Waals surface area contributed by atoms with Crippen molar-refractivity contribution in [1.82, 2.24) is 19.8 Å². The van der Waals surface area contributed by atoms with Gasteiger partial charge in [0.05, 0.1) is 24.2 Å². The van der Waals surface area contributed by atoms with Crippen LogP contribution in [0.5, 0.6) is 0 Å². The summed E-state index contributed by atoms with van der Waals surface area (Å²) in [6.45, 7) is 4.99. The summed E-state index contributed by atoms with van der Waals surface area (Å²) in [6.07, 6.45) is 1.03. The maximum atomic E-state index is 12.3. The first kappa shape index (κ1) is 18.7. The molecule has 0 radical (unpaired) electrons. The number of ether oxygens (including phenoxy) is 1. The van der Waals surface area contributed by atoms with Gasteiger partial charge in [-0.25, -0.2) is 4.98 Å². The van der Waals surface area contributed by atoms with Crippen molar-refractivity contribution in [2.24, 2.45) is 0 Å². The predicted octanol–water partition coefficient (Wildman–Crippen LogP) is 2.41. The molecule has 146 valence electrons. The molecule has 6 heteroatoms. The molecule has 28 heavy (non-hydrogen) atoms. The minimum absolute atomic E-state index is 0.0694. The van der Waals surface area contributed by atoms with Gasteiger partial charge in [-0.05, 0) is 24.3 Å². The van der Waals surface area contributed by atoms with Crippen LogP contribution in [0.15, 0.2) is 54.6 Å². The summed E-state index contributed by atoms with van der Waals surface area (Å²) >= 11 is 0. The van der Waals surface area contributed by atoms with Crippen molar-refractivity contribution < 1.29 is 9.53 Å². The molecule has 1 amide bonds. The average Bonchev–Trinajstić information content (AvgIpc) is 3.12. The van der Waals surface area contributed by atoms with Crippen LogP contribution < -0.4 is 5.32 Å². The van der Waals surface area contributed by atoms with Crippen LogP contribution in [0.2, 0.25) is 0 Å². The van der Waals surface area contributed by atoms with Crippen molar-refractivity contribution >= 4 is 16.9 Å². The molecule has 2 aromatic carbocycles. The number of nitrogens with zero attached hydrogens (tertiary/aromatic N) is 3. The zero-order chi connectivity index (χ0) is 19.2. The second-order valence-corrected chi connectivity index (χ2v) is 6.99. The number of carbonyl (C=O) groups is 1. The van der Waals surface area contributed by atoms with E-state index in [4.69, 9.17) is 9.72 Å². The fourth-order valence-corrected chi connectivity index (χ4v) is 3.60. The van der Waals surface area contributed by atoms with Crippen LogP contribution in [0, 0.1) is 0 Å². The third kappa shape index (κ3) is 4.40. The van der Waals surface area contributed by atoms with Gasteiger partial charge in [0.1, 0.15) is 5.82 Å². The highest BCUT2D eigenvalue weighted by Gasteiger charge is 2.14. The SMILES string of the molecule is O=C(CCc1nc2ccccc2n1-c1ccccc1)NCCN1CCOCC1. The number of hydrogen-bond donors (Lipinski definition) is 1. The molecule has 1 N–H and O–H groups in total. The van der Waals surface area contributed by atoms with Gasteiger partial charge in [0.25, 0.3) is 0 Å². The summed E-state index contributed by atoms with van der Waals surface area (Å²) in [7, 11) is 0. The largest absolute Gasteiger partial charge is 0.379 e. The van der Waals surface area contributed by atoms with Crippen LogP contribution in [-0.4, -0.2) is 59.8 Å². The maximum absolute atomic E-state index is 12.3. The molecule has 1 aliphatic heterocycles. The van der Waals surface area contributed by atoms with Gasteiger partial charge >= 0.3 is 0 Å². The molecule has 4 rings (SSSR count). The third-order valence-corrected chi connectivity index (χ3v) is 5.07. The number of para-hydroxylation sites is 3. The van der Waals surface area contributed by atoms with E-state index in [0.29, 0.717) is 19.4 Å². The van der Waals surface area contributed by atoms with Crippen molar-refractivity contribution in [2.75, 3.05) is 39.4 Å². The molecule has 6 nitrogen and oxygen atoms in total. The second kappa shape index (κ2) is 8.99. The van der Waals surface area contributed by atoms with Gasteiger partial charge in [-0.1, -0.05) is 30.3 Å². The van der Waals surface area contributed by atoms with Crippen molar-refractivity contribution in [2.45, 2.75) is 12.8 Å². The van der Waals surface area contributed by atoms with E-state index in [0.717, 1.165) is 55.4 Å². The zero-order valence-corrected chi connectivity index (χ0v) is 16.0. The number of fused-ring (bicyclic) bond motifs is 1. The van der Waals surface area contributed by atoms with E-state index in [2.05, 4.69) is 33.0 Å². The first-order valence-electron chi connectivity index (χ1n) is 9.90. The van der Waals surface area contributed by atoms with Crippen LogP contribution >= 0.6 is 0 Å². The number of hydrogen-bond acceptors (Lipinski definition) is 4. The third-order valence-electron chi connectivity index (χ3n) is 5.07. The summed E-state index contributed by atoms with van der Waals surface area (Å²) in [5, 5.41) is 3.03. The Kier molecular flexibility index (Phi) is 5.99. The number of aryl methyl sites for hydroxylation is 1. The van der Waals surface area contributed by atoms with Gasteiger partial charge in [-0.2, -0.15) is 0 Å². The number of carbonyl (C=O) groups excluding carboxylic acids is 1. The number of morpholine rings is 1. The van der Waals surface area contributed by atoms with Gasteiger partial charge in [0.15, 0.2) is 0 Å². The molecular formula is C22H26N4O2. The Hall–Kier alpha value is -2.70. The normalized spacial score (nSPS) is 15.0. The molecule has 0 spiro atoms. The second-order valence-electron chi connectivity index (χ2n) is 6.99. The molecule has 0 unspecified atom stereocenters. The molecule has 3 aromatic rings. The standard InChI is InChI=1S/C22H26N4O2/c27-22(23-12-13-25-14-16-28-17-15-25)11-10-21-24-19-8-4-5-9-20(19)26(21)18-6-2-1-3-7-18/h1-9H,10-17H2,(H,23,27). The zero-order valence-electron chi connectivity index (χ0n) is 16.0. The lowest BCUT2D eigenvalue weighted by Crippen LogP contribution is -2.41. The lowest BCUT2D eigenvalue weighted by Gasteiger charge is -2.26. The van der Waals surface area contributed by atoms with E-state index in [1.165, 1.54) is 0 Å². The number of aromatic nitrogens is 2. The molecule has 0 saturated carbocycles. The molecule has 1 fully saturated rings. The molecule has 0 bridgehead atoms.